The number of unbranched alkanes of at least 4 members (excludes halogenated alkanes) is 7. The molecule has 0 saturated carbocycles. The first-order valence-corrected chi connectivity index (χ1v) is 6.66. The molecule has 0 aliphatic rings. The molecule has 0 aromatic rings. The number of nitrogens with two attached hydrogens (primary N) is 1. The van der Waals surface area contributed by atoms with Crippen LogP contribution in [-0.2, 0) is 0 Å². The van der Waals surface area contributed by atoms with E-state index < -0.39 is 0 Å². The molecule has 0 aliphatic carbocycles. The van der Waals surface area contributed by atoms with E-state index in [1.807, 2.05) is 0 Å². The van der Waals surface area contributed by atoms with Gasteiger partial charge in [-0.05, 0) is 18.9 Å². The Bertz CT molecular complexity index is 113. The summed E-state index contributed by atoms with van der Waals surface area (Å²) >= 11 is 0. The van der Waals surface area contributed by atoms with Crippen LogP contribution in [0.15, 0.2) is 0 Å². The van der Waals surface area contributed by atoms with Gasteiger partial charge in [-0.3, -0.25) is 0 Å². The lowest BCUT2D eigenvalue weighted by Crippen LogP contribution is -2.17. The fourth-order valence-corrected chi connectivity index (χ4v) is 1.85. The molecule has 1 atom stereocenters. The molecule has 0 spiro atoms. The Kier molecular flexibility index (Phi) is 11.9. The first-order chi connectivity index (χ1) is 7.35. The van der Waals surface area contributed by atoms with Crippen molar-refractivity contribution in [3.05, 3.63) is 0 Å². The molecule has 0 fully saturated rings. The van der Waals surface area contributed by atoms with E-state index in [0.29, 0.717) is 12.5 Å². The van der Waals surface area contributed by atoms with E-state index in [2.05, 4.69) is 6.92 Å². The highest BCUT2D eigenvalue weighted by atomic mass is 16.3. The maximum absolute atomic E-state index is 8.95. The largest absolute Gasteiger partial charge is 0.396 e. The van der Waals surface area contributed by atoms with E-state index in [0.717, 1.165) is 6.42 Å². The van der Waals surface area contributed by atoms with Gasteiger partial charge in [0.25, 0.3) is 0 Å². The molecule has 0 saturated heterocycles. The normalized spacial score (nSPS) is 13.0. The lowest BCUT2D eigenvalue weighted by Gasteiger charge is -2.10. The van der Waals surface area contributed by atoms with Gasteiger partial charge in [0.05, 0.1) is 0 Å². The van der Waals surface area contributed by atoms with Gasteiger partial charge in [0, 0.05) is 6.61 Å². The highest BCUT2D eigenvalue weighted by molar-refractivity contribution is 4.58. The fourth-order valence-electron chi connectivity index (χ4n) is 1.85. The molecule has 0 aromatic heterocycles. The second-order valence-electron chi connectivity index (χ2n) is 4.55. The van der Waals surface area contributed by atoms with E-state index in [9.17, 15) is 0 Å². The molecule has 0 aromatic carbocycles. The maximum Gasteiger partial charge on any atom is 0.0471 e. The van der Waals surface area contributed by atoms with Crippen LogP contribution < -0.4 is 5.73 Å². The average molecular weight is 215 g/mol. The van der Waals surface area contributed by atoms with Crippen LogP contribution in [0.2, 0.25) is 0 Å². The zero-order chi connectivity index (χ0) is 11.4. The zero-order valence-electron chi connectivity index (χ0n) is 10.4. The summed E-state index contributed by atoms with van der Waals surface area (Å²) in [5, 5.41) is 8.95. The lowest BCUT2D eigenvalue weighted by atomic mass is 10.0. The van der Waals surface area contributed by atoms with Crippen molar-refractivity contribution in [1.82, 2.24) is 0 Å². The maximum atomic E-state index is 8.95. The van der Waals surface area contributed by atoms with Crippen molar-refractivity contribution in [2.75, 3.05) is 13.2 Å². The first kappa shape index (κ1) is 14.9. The molecule has 92 valence electrons. The van der Waals surface area contributed by atoms with Crippen LogP contribution in [0, 0.1) is 5.92 Å². The first-order valence-electron chi connectivity index (χ1n) is 6.66. The number of aliphatic hydroxyl groups is 1. The predicted molar refractivity (Wildman–Crippen MR) is 66.9 cm³/mol. The number of aliphatic hydroxyl groups excluding tert-OH is 1. The zero-order valence-corrected chi connectivity index (χ0v) is 10.4. The van der Waals surface area contributed by atoms with Gasteiger partial charge in [-0.15, -0.1) is 0 Å². The van der Waals surface area contributed by atoms with Crippen molar-refractivity contribution >= 4 is 0 Å². The molecule has 2 nitrogen and oxygen atoms in total. The molecule has 0 radical (unpaired) electrons. The summed E-state index contributed by atoms with van der Waals surface area (Å²) < 4.78 is 0. The molecule has 0 heterocycles. The van der Waals surface area contributed by atoms with Crippen LogP contribution in [0.5, 0.6) is 0 Å². The van der Waals surface area contributed by atoms with E-state index >= 15 is 0 Å². The standard InChI is InChI=1S/C13H29NO/c1-2-3-4-5-6-7-8-9-10-13(11-14)12-15/h13,15H,2-12,14H2,1H3. The van der Waals surface area contributed by atoms with Gasteiger partial charge in [0.1, 0.15) is 0 Å². The molecule has 0 aliphatic heterocycles. The Morgan fingerprint density at radius 2 is 1.47 bits per heavy atom. The van der Waals surface area contributed by atoms with Crippen LogP contribution in [0.4, 0.5) is 0 Å². The summed E-state index contributed by atoms with van der Waals surface area (Å²) in [5.41, 5.74) is 5.52. The smallest absolute Gasteiger partial charge is 0.0471 e. The minimum absolute atomic E-state index is 0.257. The third kappa shape index (κ3) is 10.2. The lowest BCUT2D eigenvalue weighted by molar-refractivity contribution is 0.219. The Hall–Kier alpha value is -0.0800. The van der Waals surface area contributed by atoms with Gasteiger partial charge in [-0.2, -0.15) is 0 Å². The second-order valence-corrected chi connectivity index (χ2v) is 4.55. The fraction of sp³-hybridized carbons (Fsp3) is 1.00. The monoisotopic (exact) mass is 215 g/mol. The van der Waals surface area contributed by atoms with Crippen molar-refractivity contribution in [1.29, 1.82) is 0 Å². The summed E-state index contributed by atoms with van der Waals surface area (Å²) in [6.45, 7) is 3.14. The molecular weight excluding hydrogens is 186 g/mol. The van der Waals surface area contributed by atoms with Crippen molar-refractivity contribution in [3.8, 4) is 0 Å². The number of hydrogen-bond donors (Lipinski definition) is 2. The van der Waals surface area contributed by atoms with Crippen LogP contribution in [0.25, 0.3) is 0 Å². The molecule has 1 unspecified atom stereocenters. The highest BCUT2D eigenvalue weighted by Gasteiger charge is 2.03. The van der Waals surface area contributed by atoms with Crippen molar-refractivity contribution in [2.24, 2.45) is 11.7 Å². The quantitative estimate of drug-likeness (QED) is 0.520. The number of rotatable bonds is 11. The van der Waals surface area contributed by atoms with E-state index in [-0.39, 0.29) is 6.61 Å². The van der Waals surface area contributed by atoms with Gasteiger partial charge in [-0.1, -0.05) is 58.3 Å². The SMILES string of the molecule is CCCCCCCCCCC(CN)CO. The summed E-state index contributed by atoms with van der Waals surface area (Å²) in [4.78, 5) is 0. The minimum Gasteiger partial charge on any atom is -0.396 e. The Morgan fingerprint density at radius 3 is 1.93 bits per heavy atom. The summed E-state index contributed by atoms with van der Waals surface area (Å²) in [7, 11) is 0. The molecule has 0 bridgehead atoms. The van der Waals surface area contributed by atoms with Gasteiger partial charge >= 0.3 is 0 Å². The number of hydrogen-bond acceptors (Lipinski definition) is 2. The second kappa shape index (κ2) is 12.0. The minimum atomic E-state index is 0.257. The molecule has 0 rings (SSSR count). The molecule has 15 heavy (non-hydrogen) atoms. The van der Waals surface area contributed by atoms with E-state index in [4.69, 9.17) is 10.8 Å². The van der Waals surface area contributed by atoms with Crippen molar-refractivity contribution in [2.45, 2.75) is 64.7 Å². The Balaban J connectivity index is 3.04. The van der Waals surface area contributed by atoms with Crippen LogP contribution in [0.1, 0.15) is 64.7 Å². The topological polar surface area (TPSA) is 46.2 Å². The van der Waals surface area contributed by atoms with Gasteiger partial charge in [-0.25, -0.2) is 0 Å². The van der Waals surface area contributed by atoms with Crippen LogP contribution in [0.3, 0.4) is 0 Å². The van der Waals surface area contributed by atoms with Gasteiger partial charge < -0.3 is 10.8 Å². The Labute approximate surface area is 95.3 Å². The molecule has 2 heteroatoms. The van der Waals surface area contributed by atoms with Crippen LogP contribution in [-0.4, -0.2) is 18.3 Å². The summed E-state index contributed by atoms with van der Waals surface area (Å²) in [5.74, 6) is 0.338. The van der Waals surface area contributed by atoms with Gasteiger partial charge in [0.15, 0.2) is 0 Å². The molecule has 0 amide bonds. The molecular formula is C13H29NO. The summed E-state index contributed by atoms with van der Waals surface area (Å²) in [6, 6.07) is 0. The van der Waals surface area contributed by atoms with E-state index in [1.165, 1.54) is 51.4 Å². The Morgan fingerprint density at radius 1 is 0.933 bits per heavy atom. The molecule has 3 N–H and O–H groups in total. The predicted octanol–water partition coefficient (Wildman–Crippen LogP) is 3.08. The van der Waals surface area contributed by atoms with Crippen LogP contribution >= 0.6 is 0 Å². The van der Waals surface area contributed by atoms with Crippen molar-refractivity contribution < 1.29 is 5.11 Å². The van der Waals surface area contributed by atoms with Crippen molar-refractivity contribution in [3.63, 3.8) is 0 Å². The average Bonchev–Trinajstić information content (AvgIpc) is 2.27. The highest BCUT2D eigenvalue weighted by Crippen LogP contribution is 2.12. The van der Waals surface area contributed by atoms with Gasteiger partial charge in [0.2, 0.25) is 0 Å². The summed E-state index contributed by atoms with van der Waals surface area (Å²) in [6.07, 6.45) is 11.9. The third-order valence-corrected chi connectivity index (χ3v) is 3.06. The van der Waals surface area contributed by atoms with E-state index in [1.54, 1.807) is 0 Å². The third-order valence-electron chi connectivity index (χ3n) is 3.06.